The third-order valence-corrected chi connectivity index (χ3v) is 3.94. The van der Waals surface area contributed by atoms with Crippen molar-refractivity contribution in [2.45, 2.75) is 6.92 Å². The largest absolute Gasteiger partial charge is 0.497 e. The van der Waals surface area contributed by atoms with E-state index in [2.05, 4.69) is 4.98 Å². The standard InChI is InChI=1S/C21H18FNO3/c1-3-26-21(24)19-13-23-20(15-6-10-17(25-2)11-7-15)12-18(19)14-4-8-16(22)9-5-14/h4-13H,3H2,1-2H3. The summed E-state index contributed by atoms with van der Waals surface area (Å²) < 4.78 is 23.6. The molecule has 0 fully saturated rings. The molecule has 3 rings (SSSR count). The van der Waals surface area contributed by atoms with Gasteiger partial charge in [-0.1, -0.05) is 12.1 Å². The van der Waals surface area contributed by atoms with E-state index in [4.69, 9.17) is 9.47 Å². The molecule has 1 aromatic heterocycles. The number of ether oxygens (including phenoxy) is 2. The van der Waals surface area contributed by atoms with Crippen LogP contribution in [0.2, 0.25) is 0 Å². The van der Waals surface area contributed by atoms with Crippen LogP contribution in [0.15, 0.2) is 60.8 Å². The molecule has 0 amide bonds. The molecule has 0 atom stereocenters. The predicted octanol–water partition coefficient (Wildman–Crippen LogP) is 4.74. The second-order valence-electron chi connectivity index (χ2n) is 5.57. The lowest BCUT2D eigenvalue weighted by molar-refractivity contribution is 0.0527. The predicted molar refractivity (Wildman–Crippen MR) is 97.6 cm³/mol. The van der Waals surface area contributed by atoms with Gasteiger partial charge in [-0.3, -0.25) is 4.98 Å². The summed E-state index contributed by atoms with van der Waals surface area (Å²) in [6.45, 7) is 2.01. The molecule has 0 radical (unpaired) electrons. The Labute approximate surface area is 151 Å². The molecule has 0 saturated carbocycles. The number of nitrogens with zero attached hydrogens (tertiary/aromatic N) is 1. The molecular weight excluding hydrogens is 333 g/mol. The van der Waals surface area contributed by atoms with Crippen LogP contribution < -0.4 is 4.74 Å². The Bertz CT molecular complexity index is 906. The maximum atomic E-state index is 13.3. The summed E-state index contributed by atoms with van der Waals surface area (Å²) >= 11 is 0. The zero-order chi connectivity index (χ0) is 18.5. The van der Waals surface area contributed by atoms with Crippen molar-refractivity contribution in [2.75, 3.05) is 13.7 Å². The minimum atomic E-state index is -0.458. The zero-order valence-corrected chi connectivity index (χ0v) is 14.5. The third-order valence-electron chi connectivity index (χ3n) is 3.94. The van der Waals surface area contributed by atoms with Crippen molar-refractivity contribution in [3.63, 3.8) is 0 Å². The molecule has 0 saturated heterocycles. The first kappa shape index (κ1) is 17.6. The first-order chi connectivity index (χ1) is 12.6. The average Bonchev–Trinajstić information content (AvgIpc) is 2.68. The maximum absolute atomic E-state index is 13.3. The highest BCUT2D eigenvalue weighted by Crippen LogP contribution is 2.29. The molecule has 0 aliphatic carbocycles. The summed E-state index contributed by atoms with van der Waals surface area (Å²) in [4.78, 5) is 16.7. The van der Waals surface area contributed by atoms with E-state index < -0.39 is 5.97 Å². The summed E-state index contributed by atoms with van der Waals surface area (Å²) in [6, 6.07) is 15.2. The van der Waals surface area contributed by atoms with Crippen molar-refractivity contribution in [3.05, 3.63) is 72.2 Å². The monoisotopic (exact) mass is 351 g/mol. The third kappa shape index (κ3) is 3.72. The lowest BCUT2D eigenvalue weighted by Gasteiger charge is -2.11. The summed E-state index contributed by atoms with van der Waals surface area (Å²) in [6.07, 6.45) is 1.50. The van der Waals surface area contributed by atoms with E-state index in [0.717, 1.165) is 11.3 Å². The van der Waals surface area contributed by atoms with Crippen LogP contribution in [0.3, 0.4) is 0 Å². The van der Waals surface area contributed by atoms with E-state index in [1.54, 1.807) is 32.2 Å². The summed E-state index contributed by atoms with van der Waals surface area (Å²) in [7, 11) is 1.61. The van der Waals surface area contributed by atoms with Crippen LogP contribution >= 0.6 is 0 Å². The lowest BCUT2D eigenvalue weighted by Crippen LogP contribution is -2.07. The van der Waals surface area contributed by atoms with Gasteiger partial charge in [0.25, 0.3) is 0 Å². The van der Waals surface area contributed by atoms with Gasteiger partial charge in [0, 0.05) is 11.8 Å². The molecule has 3 aromatic rings. The second-order valence-corrected chi connectivity index (χ2v) is 5.57. The number of hydrogen-bond acceptors (Lipinski definition) is 4. The van der Waals surface area contributed by atoms with Crippen molar-refractivity contribution in [1.82, 2.24) is 4.98 Å². The van der Waals surface area contributed by atoms with Crippen LogP contribution in [0, 0.1) is 5.82 Å². The van der Waals surface area contributed by atoms with Gasteiger partial charge in [-0.15, -0.1) is 0 Å². The number of aromatic nitrogens is 1. The number of benzene rings is 2. The van der Waals surface area contributed by atoms with Gasteiger partial charge in [-0.2, -0.15) is 0 Å². The van der Waals surface area contributed by atoms with Crippen molar-refractivity contribution in [1.29, 1.82) is 0 Å². The first-order valence-electron chi connectivity index (χ1n) is 8.20. The van der Waals surface area contributed by atoms with Gasteiger partial charge in [0.2, 0.25) is 0 Å². The Morgan fingerprint density at radius 3 is 2.31 bits per heavy atom. The lowest BCUT2D eigenvalue weighted by atomic mass is 9.98. The Morgan fingerprint density at radius 2 is 1.69 bits per heavy atom. The van der Waals surface area contributed by atoms with Crippen LogP contribution in [-0.4, -0.2) is 24.7 Å². The van der Waals surface area contributed by atoms with E-state index in [1.165, 1.54) is 18.3 Å². The fourth-order valence-electron chi connectivity index (χ4n) is 2.61. The first-order valence-corrected chi connectivity index (χ1v) is 8.20. The number of carbonyl (C=O) groups excluding carboxylic acids is 1. The molecule has 4 nitrogen and oxygen atoms in total. The van der Waals surface area contributed by atoms with Gasteiger partial charge in [0.15, 0.2) is 0 Å². The number of hydrogen-bond donors (Lipinski definition) is 0. The van der Waals surface area contributed by atoms with Gasteiger partial charge >= 0.3 is 5.97 Å². The highest BCUT2D eigenvalue weighted by atomic mass is 19.1. The Kier molecular flexibility index (Phi) is 5.27. The minimum Gasteiger partial charge on any atom is -0.497 e. The topological polar surface area (TPSA) is 48.4 Å². The summed E-state index contributed by atoms with van der Waals surface area (Å²) in [5, 5.41) is 0. The number of halogens is 1. The molecule has 5 heteroatoms. The summed E-state index contributed by atoms with van der Waals surface area (Å²) in [5.74, 6) is -0.0490. The molecule has 0 unspecified atom stereocenters. The second kappa shape index (κ2) is 7.78. The van der Waals surface area contributed by atoms with Crippen molar-refractivity contribution in [2.24, 2.45) is 0 Å². The van der Waals surface area contributed by atoms with Crippen LogP contribution in [0.4, 0.5) is 4.39 Å². The highest BCUT2D eigenvalue weighted by molar-refractivity contribution is 5.97. The fourth-order valence-corrected chi connectivity index (χ4v) is 2.61. The fraction of sp³-hybridized carbons (Fsp3) is 0.143. The van der Waals surface area contributed by atoms with Crippen molar-refractivity contribution in [3.8, 4) is 28.1 Å². The number of carbonyl (C=O) groups is 1. The van der Waals surface area contributed by atoms with E-state index in [1.807, 2.05) is 24.3 Å². The Balaban J connectivity index is 2.09. The smallest absolute Gasteiger partial charge is 0.340 e. The van der Waals surface area contributed by atoms with Crippen LogP contribution in [-0.2, 0) is 4.74 Å². The van der Waals surface area contributed by atoms with Crippen molar-refractivity contribution >= 4 is 5.97 Å². The molecule has 1 heterocycles. The van der Waals surface area contributed by atoms with Crippen LogP contribution in [0.5, 0.6) is 5.75 Å². The SMILES string of the molecule is CCOC(=O)c1cnc(-c2ccc(OC)cc2)cc1-c1ccc(F)cc1. The van der Waals surface area contributed by atoms with E-state index in [0.29, 0.717) is 22.4 Å². The molecule has 0 spiro atoms. The molecule has 0 N–H and O–H groups in total. The quantitative estimate of drug-likeness (QED) is 0.623. The van der Waals surface area contributed by atoms with E-state index in [9.17, 15) is 9.18 Å². The zero-order valence-electron chi connectivity index (χ0n) is 14.5. The van der Waals surface area contributed by atoms with Gasteiger partial charge in [-0.25, -0.2) is 9.18 Å². The minimum absolute atomic E-state index is 0.266. The van der Waals surface area contributed by atoms with Gasteiger partial charge in [-0.05, 0) is 60.5 Å². The van der Waals surface area contributed by atoms with Crippen LogP contribution in [0.25, 0.3) is 22.4 Å². The molecule has 26 heavy (non-hydrogen) atoms. The van der Waals surface area contributed by atoms with Gasteiger partial charge in [0.05, 0.1) is 25.0 Å². The normalized spacial score (nSPS) is 10.4. The molecule has 0 aliphatic heterocycles. The van der Waals surface area contributed by atoms with E-state index in [-0.39, 0.29) is 12.4 Å². The Hall–Kier alpha value is -3.21. The number of pyridine rings is 1. The van der Waals surface area contributed by atoms with Crippen molar-refractivity contribution < 1.29 is 18.7 Å². The van der Waals surface area contributed by atoms with Gasteiger partial charge < -0.3 is 9.47 Å². The molecular formula is C21H18FNO3. The summed E-state index contributed by atoms with van der Waals surface area (Å²) in [5.41, 5.74) is 3.27. The highest BCUT2D eigenvalue weighted by Gasteiger charge is 2.16. The molecule has 0 bridgehead atoms. The number of rotatable bonds is 5. The average molecular weight is 351 g/mol. The Morgan fingerprint density at radius 1 is 1.04 bits per heavy atom. The molecule has 0 aliphatic rings. The maximum Gasteiger partial charge on any atom is 0.340 e. The van der Waals surface area contributed by atoms with Crippen LogP contribution in [0.1, 0.15) is 17.3 Å². The number of methoxy groups -OCH3 is 1. The molecule has 2 aromatic carbocycles. The van der Waals surface area contributed by atoms with E-state index >= 15 is 0 Å². The van der Waals surface area contributed by atoms with Gasteiger partial charge in [0.1, 0.15) is 11.6 Å². The molecule has 132 valence electrons. The number of esters is 1.